The van der Waals surface area contributed by atoms with Gasteiger partial charge in [0.05, 0.1) is 0 Å². The van der Waals surface area contributed by atoms with Gasteiger partial charge in [-0.3, -0.25) is 0 Å². The fraction of sp³-hybridized carbons (Fsp3) is 0.333. The predicted molar refractivity (Wildman–Crippen MR) is 73.1 cm³/mol. The molecule has 17 heavy (non-hydrogen) atoms. The van der Waals surface area contributed by atoms with E-state index in [0.717, 1.165) is 6.61 Å². The van der Waals surface area contributed by atoms with Crippen molar-refractivity contribution < 1.29 is 4.74 Å². The zero-order valence-electron chi connectivity index (χ0n) is 9.76. The molecular weight excluding hydrogens is 324 g/mol. The Hall–Kier alpha value is -0.550. The minimum atomic E-state index is -0.0716. The van der Waals surface area contributed by atoms with Crippen molar-refractivity contribution in [3.05, 3.63) is 42.5 Å². The van der Waals surface area contributed by atoms with Gasteiger partial charge >= 0.3 is 113 Å². The normalized spacial score (nSPS) is 19.9. The number of fused-ring (bicyclic) bond motifs is 1. The molecule has 0 saturated carbocycles. The molecule has 0 aliphatic carbocycles. The second kappa shape index (κ2) is 5.40. The fourth-order valence-corrected chi connectivity index (χ4v) is 5.12. The predicted octanol–water partition coefficient (Wildman–Crippen LogP) is 2.77. The summed E-state index contributed by atoms with van der Waals surface area (Å²) < 4.78 is 8.55. The molecule has 2 aromatic carbocycles. The Morgan fingerprint density at radius 3 is 2.82 bits per heavy atom. The van der Waals surface area contributed by atoms with Crippen LogP contribution in [0.1, 0.15) is 12.8 Å². The van der Waals surface area contributed by atoms with Crippen LogP contribution in [0.25, 0.3) is 10.8 Å². The topological polar surface area (TPSA) is 9.23 Å². The average Bonchev–Trinajstić information content (AvgIpc) is 2.89. The average molecular weight is 340 g/mol. The van der Waals surface area contributed by atoms with E-state index in [1.807, 2.05) is 0 Å². The third-order valence-electron chi connectivity index (χ3n) is 3.18. The molecule has 1 fully saturated rings. The summed E-state index contributed by atoms with van der Waals surface area (Å²) in [4.78, 5) is 0. The molecule has 1 aliphatic heterocycles. The molecule has 0 aromatic heterocycles. The summed E-state index contributed by atoms with van der Waals surface area (Å²) in [6, 6.07) is 15.5. The van der Waals surface area contributed by atoms with Gasteiger partial charge in [0.1, 0.15) is 0 Å². The third kappa shape index (κ3) is 2.83. The molecule has 0 N–H and O–H groups in total. The molecule has 1 aliphatic rings. The zero-order chi connectivity index (χ0) is 11.5. The quantitative estimate of drug-likeness (QED) is 0.781. The van der Waals surface area contributed by atoms with Crippen molar-refractivity contribution in [3.8, 4) is 0 Å². The summed E-state index contributed by atoms with van der Waals surface area (Å²) in [7, 11) is 0. The number of rotatable bonds is 3. The van der Waals surface area contributed by atoms with E-state index >= 15 is 0 Å². The van der Waals surface area contributed by atoms with Crippen LogP contribution in [0.2, 0.25) is 4.47 Å². The van der Waals surface area contributed by atoms with Crippen LogP contribution < -0.4 is 3.61 Å². The second-order valence-electron chi connectivity index (χ2n) is 4.45. The molecule has 0 amide bonds. The summed E-state index contributed by atoms with van der Waals surface area (Å²) in [6.07, 6.45) is 3.09. The first-order valence-electron chi connectivity index (χ1n) is 6.15. The van der Waals surface area contributed by atoms with Crippen LogP contribution in [0.3, 0.4) is 0 Å². The number of hydrogen-bond acceptors (Lipinski definition) is 1. The van der Waals surface area contributed by atoms with Crippen LogP contribution in [-0.2, 0) is 4.74 Å². The third-order valence-corrected chi connectivity index (χ3v) is 6.39. The summed E-state index contributed by atoms with van der Waals surface area (Å²) in [6.45, 7) is 0.982. The van der Waals surface area contributed by atoms with Gasteiger partial charge in [-0.15, -0.1) is 0 Å². The van der Waals surface area contributed by atoms with Crippen LogP contribution in [0.5, 0.6) is 0 Å². The number of ether oxygens (including phenoxy) is 1. The van der Waals surface area contributed by atoms with Gasteiger partial charge in [0, 0.05) is 0 Å². The van der Waals surface area contributed by atoms with Gasteiger partial charge in [-0.05, 0) is 0 Å². The molecule has 1 heterocycles. The molecule has 1 saturated heterocycles. The van der Waals surface area contributed by atoms with Crippen molar-refractivity contribution in [1.82, 2.24) is 0 Å². The van der Waals surface area contributed by atoms with E-state index in [1.165, 1.54) is 28.1 Å². The summed E-state index contributed by atoms with van der Waals surface area (Å²) in [5.74, 6) is 0. The zero-order valence-corrected chi connectivity index (χ0v) is 12.1. The molecule has 1 nitrogen and oxygen atoms in total. The minimum absolute atomic E-state index is 0.0716. The van der Waals surface area contributed by atoms with Gasteiger partial charge in [0.25, 0.3) is 0 Å². The van der Waals surface area contributed by atoms with Crippen LogP contribution in [0, 0.1) is 0 Å². The SMILES string of the molecule is c1ccc2cc([Te]CC3CCCO3)ccc2c1. The molecule has 0 bridgehead atoms. The Kier molecular flexibility index (Phi) is 3.66. The van der Waals surface area contributed by atoms with Gasteiger partial charge in [0.15, 0.2) is 0 Å². The summed E-state index contributed by atoms with van der Waals surface area (Å²) >= 11 is -0.0716. The monoisotopic (exact) mass is 342 g/mol. The van der Waals surface area contributed by atoms with E-state index in [0.29, 0.717) is 6.10 Å². The molecule has 0 spiro atoms. The van der Waals surface area contributed by atoms with Gasteiger partial charge in [-0.2, -0.15) is 0 Å². The van der Waals surface area contributed by atoms with E-state index in [1.54, 1.807) is 3.61 Å². The summed E-state index contributed by atoms with van der Waals surface area (Å²) in [5, 5.41) is 2.73. The van der Waals surface area contributed by atoms with E-state index in [4.69, 9.17) is 4.74 Å². The van der Waals surface area contributed by atoms with E-state index in [-0.39, 0.29) is 20.9 Å². The van der Waals surface area contributed by atoms with Crippen LogP contribution >= 0.6 is 0 Å². The Balaban J connectivity index is 1.72. The molecule has 1 unspecified atom stereocenters. The van der Waals surface area contributed by atoms with Crippen molar-refractivity contribution in [3.63, 3.8) is 0 Å². The molecule has 0 radical (unpaired) electrons. The number of hydrogen-bond donors (Lipinski definition) is 0. The van der Waals surface area contributed by atoms with E-state index in [2.05, 4.69) is 42.5 Å². The van der Waals surface area contributed by atoms with Crippen molar-refractivity contribution >= 4 is 35.3 Å². The van der Waals surface area contributed by atoms with E-state index in [9.17, 15) is 0 Å². The number of benzene rings is 2. The van der Waals surface area contributed by atoms with Crippen molar-refractivity contribution in [1.29, 1.82) is 0 Å². The molecule has 2 heteroatoms. The molecule has 88 valence electrons. The first-order chi connectivity index (χ1) is 8.42. The maximum atomic E-state index is 5.69. The standard InChI is InChI=1S/C15H16OTe/c1-2-5-13-10-15(8-7-12(13)4-1)17-11-14-6-3-9-16-14/h1-2,4-5,7-8,10,14H,3,6,9,11H2. The first kappa shape index (κ1) is 11.5. The Morgan fingerprint density at radius 1 is 1.12 bits per heavy atom. The molecule has 2 aromatic rings. The Bertz CT molecular complexity index is 503. The van der Waals surface area contributed by atoms with Gasteiger partial charge in [-0.25, -0.2) is 0 Å². The molecule has 3 rings (SSSR count). The van der Waals surface area contributed by atoms with Crippen molar-refractivity contribution in [2.75, 3.05) is 6.61 Å². The molecular formula is C15H16OTe. The van der Waals surface area contributed by atoms with Crippen molar-refractivity contribution in [2.45, 2.75) is 23.4 Å². The maximum absolute atomic E-state index is 5.69. The van der Waals surface area contributed by atoms with Crippen LogP contribution in [0.15, 0.2) is 42.5 Å². The van der Waals surface area contributed by atoms with Crippen LogP contribution in [0.4, 0.5) is 0 Å². The van der Waals surface area contributed by atoms with Crippen molar-refractivity contribution in [2.24, 2.45) is 0 Å². The summed E-state index contributed by atoms with van der Waals surface area (Å²) in [5.41, 5.74) is 0. The Labute approximate surface area is 112 Å². The first-order valence-corrected chi connectivity index (χ1v) is 8.96. The molecule has 1 atom stereocenters. The van der Waals surface area contributed by atoms with Gasteiger partial charge < -0.3 is 0 Å². The van der Waals surface area contributed by atoms with Gasteiger partial charge in [-0.1, -0.05) is 0 Å². The Morgan fingerprint density at radius 2 is 2.00 bits per heavy atom. The fourth-order valence-electron chi connectivity index (χ4n) is 2.22. The van der Waals surface area contributed by atoms with E-state index < -0.39 is 0 Å². The van der Waals surface area contributed by atoms with Gasteiger partial charge in [0.2, 0.25) is 0 Å². The second-order valence-corrected chi connectivity index (χ2v) is 7.58. The van der Waals surface area contributed by atoms with Crippen LogP contribution in [-0.4, -0.2) is 33.6 Å².